The summed E-state index contributed by atoms with van der Waals surface area (Å²) in [4.78, 5) is 23.0. The lowest BCUT2D eigenvalue weighted by Gasteiger charge is -2.37. The molecule has 0 aliphatic heterocycles. The van der Waals surface area contributed by atoms with Gasteiger partial charge in [-0.15, -0.1) is 0 Å². The van der Waals surface area contributed by atoms with Crippen LogP contribution in [0, 0.1) is 5.82 Å². The van der Waals surface area contributed by atoms with Gasteiger partial charge < -0.3 is 19.0 Å². The summed E-state index contributed by atoms with van der Waals surface area (Å²) >= 11 is 6.37. The lowest BCUT2D eigenvalue weighted by molar-refractivity contribution is -0.274. The molecule has 0 aliphatic carbocycles. The number of benzene rings is 3. The summed E-state index contributed by atoms with van der Waals surface area (Å²) < 4.78 is 73.1. The molecule has 7 nitrogen and oxygen atoms in total. The molecule has 200 valence electrons. The SMILES string of the molecule is COC(=O)Oc1ccc(-c2ccc(C(C)C(O)(c3ccc4oc(=O)n(C)c4c3)C(F)(F)F)c(Cl)c2)c(F)c1. The Kier molecular flexibility index (Phi) is 7.02. The number of carbonyl (C=O) groups is 1. The van der Waals surface area contributed by atoms with Crippen molar-refractivity contribution in [3.63, 3.8) is 0 Å². The van der Waals surface area contributed by atoms with Crippen LogP contribution in [0.25, 0.3) is 22.2 Å². The van der Waals surface area contributed by atoms with Crippen LogP contribution in [0.3, 0.4) is 0 Å². The Hall–Kier alpha value is -3.83. The highest BCUT2D eigenvalue weighted by molar-refractivity contribution is 6.31. The Morgan fingerprint density at radius 3 is 2.42 bits per heavy atom. The Morgan fingerprint density at radius 2 is 1.82 bits per heavy atom. The highest BCUT2D eigenvalue weighted by Crippen LogP contribution is 2.50. The van der Waals surface area contributed by atoms with E-state index in [2.05, 4.69) is 4.74 Å². The number of halogens is 5. The molecule has 4 aromatic rings. The van der Waals surface area contributed by atoms with Crippen molar-refractivity contribution in [3.8, 4) is 16.9 Å². The number of nitrogens with zero attached hydrogens (tertiary/aromatic N) is 1. The fourth-order valence-corrected chi connectivity index (χ4v) is 4.57. The van der Waals surface area contributed by atoms with Gasteiger partial charge in [-0.1, -0.05) is 36.7 Å². The lowest BCUT2D eigenvalue weighted by Crippen LogP contribution is -2.46. The quantitative estimate of drug-likeness (QED) is 0.177. The molecule has 0 spiro atoms. The van der Waals surface area contributed by atoms with E-state index in [-0.39, 0.29) is 38.6 Å². The number of oxazole rings is 1. The molecule has 1 heterocycles. The van der Waals surface area contributed by atoms with E-state index in [0.717, 1.165) is 36.8 Å². The normalized spacial score (nSPS) is 14.2. The molecule has 0 radical (unpaired) electrons. The van der Waals surface area contributed by atoms with Crippen molar-refractivity contribution >= 4 is 28.9 Å². The standard InChI is InChI=1S/C26H20ClF4NO6/c1-13(25(35,26(29,30)31)15-5-9-22-21(11-15)32(2)23(33)38-22)17-7-4-14(10-19(17)27)18-8-6-16(12-20(18)28)37-24(34)36-3/h4-13,35H,1-3H3. The smallest absolute Gasteiger partial charge is 0.437 e. The molecule has 0 aliphatic rings. The maximum absolute atomic E-state index is 14.7. The average Bonchev–Trinajstić information content (AvgIpc) is 3.15. The molecular weight excluding hydrogens is 534 g/mol. The monoisotopic (exact) mass is 553 g/mol. The van der Waals surface area contributed by atoms with Crippen molar-refractivity contribution in [2.24, 2.45) is 7.05 Å². The van der Waals surface area contributed by atoms with Crippen LogP contribution in [0.4, 0.5) is 22.4 Å². The van der Waals surface area contributed by atoms with Gasteiger partial charge in [-0.25, -0.2) is 14.0 Å². The average molecular weight is 554 g/mol. The number of hydrogen-bond donors (Lipinski definition) is 1. The van der Waals surface area contributed by atoms with Gasteiger partial charge in [0.25, 0.3) is 0 Å². The predicted octanol–water partition coefficient (Wildman–Crippen LogP) is 6.29. The van der Waals surface area contributed by atoms with Gasteiger partial charge in [0.15, 0.2) is 11.2 Å². The molecule has 1 N–H and O–H groups in total. The zero-order chi connectivity index (χ0) is 28.0. The maximum Gasteiger partial charge on any atom is 0.513 e. The van der Waals surface area contributed by atoms with Crippen LogP contribution in [0.2, 0.25) is 5.02 Å². The highest BCUT2D eigenvalue weighted by atomic mass is 35.5. The van der Waals surface area contributed by atoms with Crippen LogP contribution in [0.15, 0.2) is 63.8 Å². The highest BCUT2D eigenvalue weighted by Gasteiger charge is 2.59. The number of methoxy groups -OCH3 is 1. The van der Waals surface area contributed by atoms with Crippen molar-refractivity contribution in [1.29, 1.82) is 0 Å². The summed E-state index contributed by atoms with van der Waals surface area (Å²) in [6.45, 7) is 1.16. The van der Waals surface area contributed by atoms with Gasteiger partial charge in [-0.3, -0.25) is 4.57 Å². The maximum atomic E-state index is 14.7. The van der Waals surface area contributed by atoms with E-state index in [0.29, 0.717) is 0 Å². The van der Waals surface area contributed by atoms with Gasteiger partial charge in [0.1, 0.15) is 11.6 Å². The zero-order valence-electron chi connectivity index (χ0n) is 20.1. The van der Waals surface area contributed by atoms with Crippen LogP contribution in [0.1, 0.15) is 24.0 Å². The zero-order valence-corrected chi connectivity index (χ0v) is 20.9. The molecular formula is C26H20ClF4NO6. The van der Waals surface area contributed by atoms with Gasteiger partial charge in [0.2, 0.25) is 0 Å². The molecule has 3 aromatic carbocycles. The molecule has 0 amide bonds. The summed E-state index contributed by atoms with van der Waals surface area (Å²) in [6.07, 6.45) is -6.18. The second-order valence-electron chi connectivity index (χ2n) is 8.53. The molecule has 4 rings (SSSR count). The number of fused-ring (bicyclic) bond motifs is 1. The number of ether oxygens (including phenoxy) is 2. The van der Waals surface area contributed by atoms with Gasteiger partial charge in [0, 0.05) is 29.6 Å². The van der Waals surface area contributed by atoms with Gasteiger partial charge in [-0.2, -0.15) is 13.2 Å². The van der Waals surface area contributed by atoms with E-state index in [9.17, 15) is 32.3 Å². The van der Waals surface area contributed by atoms with Crippen LogP contribution in [-0.2, 0) is 17.4 Å². The van der Waals surface area contributed by atoms with Crippen molar-refractivity contribution in [1.82, 2.24) is 4.57 Å². The third-order valence-electron chi connectivity index (χ3n) is 6.38. The Labute approximate surface area is 217 Å². The number of hydrogen-bond acceptors (Lipinski definition) is 6. The fraction of sp³-hybridized carbons (Fsp3) is 0.231. The van der Waals surface area contributed by atoms with E-state index in [4.69, 9.17) is 20.8 Å². The first-order chi connectivity index (χ1) is 17.8. The van der Waals surface area contributed by atoms with Crippen LogP contribution >= 0.6 is 11.6 Å². The first-order valence-corrected chi connectivity index (χ1v) is 11.4. The first kappa shape index (κ1) is 27.2. The van der Waals surface area contributed by atoms with Crippen LogP contribution in [-0.4, -0.2) is 29.1 Å². The van der Waals surface area contributed by atoms with Gasteiger partial charge >= 0.3 is 18.1 Å². The van der Waals surface area contributed by atoms with Crippen LogP contribution < -0.4 is 10.5 Å². The summed E-state index contributed by atoms with van der Waals surface area (Å²) in [5.41, 5.74) is -3.57. The number of aryl methyl sites for hydroxylation is 1. The topological polar surface area (TPSA) is 90.9 Å². The van der Waals surface area contributed by atoms with E-state index in [1.165, 1.54) is 43.4 Å². The predicted molar refractivity (Wildman–Crippen MR) is 130 cm³/mol. The van der Waals surface area contributed by atoms with E-state index in [1.807, 2.05) is 0 Å². The lowest BCUT2D eigenvalue weighted by atomic mass is 9.77. The molecule has 12 heteroatoms. The second-order valence-corrected chi connectivity index (χ2v) is 8.94. The van der Waals surface area contributed by atoms with Gasteiger partial charge in [-0.05, 0) is 47.0 Å². The molecule has 0 saturated heterocycles. The molecule has 0 fully saturated rings. The number of aromatic nitrogens is 1. The number of aliphatic hydroxyl groups is 1. The third-order valence-corrected chi connectivity index (χ3v) is 6.70. The summed E-state index contributed by atoms with van der Waals surface area (Å²) in [5.74, 6) is -3.28. The van der Waals surface area contributed by atoms with Crippen LogP contribution in [0.5, 0.6) is 5.75 Å². The van der Waals surface area contributed by atoms with E-state index < -0.39 is 41.0 Å². The Bertz CT molecular complexity index is 1600. The second kappa shape index (κ2) is 9.80. The van der Waals surface area contributed by atoms with Crippen molar-refractivity contribution in [2.75, 3.05) is 7.11 Å². The summed E-state index contributed by atoms with van der Waals surface area (Å²) in [5, 5.41) is 11.0. The molecule has 1 aromatic heterocycles. The minimum absolute atomic E-state index is 0.0423. The fourth-order valence-electron chi connectivity index (χ4n) is 4.23. The minimum atomic E-state index is -5.15. The number of carbonyl (C=O) groups excluding carboxylic acids is 1. The minimum Gasteiger partial charge on any atom is -0.437 e. The van der Waals surface area contributed by atoms with Gasteiger partial charge in [0.05, 0.1) is 12.6 Å². The number of rotatable bonds is 5. The van der Waals surface area contributed by atoms with Crippen molar-refractivity contribution in [3.05, 3.63) is 87.1 Å². The largest absolute Gasteiger partial charge is 0.513 e. The first-order valence-electron chi connectivity index (χ1n) is 11.0. The van der Waals surface area contributed by atoms with E-state index in [1.54, 1.807) is 0 Å². The summed E-state index contributed by atoms with van der Waals surface area (Å²) in [7, 11) is 2.42. The van der Waals surface area contributed by atoms with Crippen molar-refractivity contribution < 1.29 is 41.4 Å². The molecule has 0 saturated carbocycles. The summed E-state index contributed by atoms with van der Waals surface area (Å²) in [6, 6.07) is 10.7. The van der Waals surface area contributed by atoms with E-state index >= 15 is 0 Å². The third kappa shape index (κ3) is 4.63. The molecule has 2 unspecified atom stereocenters. The molecule has 38 heavy (non-hydrogen) atoms. The number of alkyl halides is 3. The Morgan fingerprint density at radius 1 is 1.11 bits per heavy atom. The molecule has 0 bridgehead atoms. The molecule has 2 atom stereocenters. The Balaban J connectivity index is 1.74. The van der Waals surface area contributed by atoms with Crippen molar-refractivity contribution in [2.45, 2.75) is 24.6 Å².